The molecule has 0 radical (unpaired) electrons. The Balaban J connectivity index is 1.90. The smallest absolute Gasteiger partial charge is 0.0223 e. The van der Waals surface area contributed by atoms with Crippen molar-refractivity contribution in [2.45, 2.75) is 51.5 Å². The van der Waals surface area contributed by atoms with Crippen molar-refractivity contribution in [3.63, 3.8) is 0 Å². The number of nitrogens with zero attached hydrogens (tertiary/aromatic N) is 1. The average molecular weight is 204 g/mol. The zero-order valence-electron chi connectivity index (χ0n) is 8.77. The van der Waals surface area contributed by atoms with Crippen LogP contribution in [0.2, 0.25) is 0 Å². The van der Waals surface area contributed by atoms with Gasteiger partial charge < -0.3 is 4.90 Å². The molecule has 13 heavy (non-hydrogen) atoms. The molecule has 0 aromatic carbocycles. The summed E-state index contributed by atoms with van der Waals surface area (Å²) in [5, 5.41) is 0. The number of alkyl halides is 1. The van der Waals surface area contributed by atoms with Gasteiger partial charge in [-0.3, -0.25) is 0 Å². The minimum atomic E-state index is 0.833. The molecule has 0 spiro atoms. The minimum Gasteiger partial charge on any atom is -0.301 e. The molecule has 1 saturated carbocycles. The normalized spacial score (nSPS) is 16.8. The summed E-state index contributed by atoms with van der Waals surface area (Å²) in [6.07, 6.45) is 8.10. The van der Waals surface area contributed by atoms with E-state index in [9.17, 15) is 0 Å². The predicted octanol–water partition coefficient (Wildman–Crippen LogP) is 3.27. The molecule has 0 saturated heterocycles. The first-order valence-electron chi connectivity index (χ1n) is 5.68. The summed E-state index contributed by atoms with van der Waals surface area (Å²) in [5.74, 6) is 0.833. The lowest BCUT2D eigenvalue weighted by Crippen LogP contribution is -2.26. The van der Waals surface area contributed by atoms with Crippen molar-refractivity contribution >= 4 is 11.6 Å². The summed E-state index contributed by atoms with van der Waals surface area (Å²) in [6, 6.07) is 0.943. The maximum atomic E-state index is 5.62. The van der Waals surface area contributed by atoms with E-state index < -0.39 is 0 Å². The highest BCUT2D eigenvalue weighted by Gasteiger charge is 2.26. The third-order valence-corrected chi connectivity index (χ3v) is 3.07. The lowest BCUT2D eigenvalue weighted by Gasteiger charge is -2.19. The summed E-state index contributed by atoms with van der Waals surface area (Å²) in [6.45, 7) is 4.82. The highest BCUT2D eigenvalue weighted by molar-refractivity contribution is 6.17. The zero-order valence-corrected chi connectivity index (χ0v) is 9.52. The largest absolute Gasteiger partial charge is 0.301 e. The van der Waals surface area contributed by atoms with Crippen molar-refractivity contribution in [3.8, 4) is 0 Å². The molecule has 0 amide bonds. The van der Waals surface area contributed by atoms with E-state index in [1.165, 1.54) is 51.6 Å². The second kappa shape index (κ2) is 6.67. The molecule has 0 aliphatic heterocycles. The van der Waals surface area contributed by atoms with E-state index in [2.05, 4.69) is 11.8 Å². The first-order valence-corrected chi connectivity index (χ1v) is 6.22. The molecule has 0 aromatic heterocycles. The fraction of sp³-hybridized carbons (Fsp3) is 1.00. The van der Waals surface area contributed by atoms with Crippen LogP contribution in [0.15, 0.2) is 0 Å². The molecule has 0 atom stereocenters. The van der Waals surface area contributed by atoms with E-state index in [4.69, 9.17) is 11.6 Å². The van der Waals surface area contributed by atoms with Crippen LogP contribution in [0, 0.1) is 0 Å². The molecule has 0 unspecified atom stereocenters. The molecule has 0 aromatic rings. The predicted molar refractivity (Wildman–Crippen MR) is 59.5 cm³/mol. The van der Waals surface area contributed by atoms with E-state index in [1.54, 1.807) is 0 Å². The quantitative estimate of drug-likeness (QED) is 0.433. The molecule has 1 aliphatic rings. The van der Waals surface area contributed by atoms with Gasteiger partial charge in [-0.2, -0.15) is 0 Å². The number of halogens is 1. The van der Waals surface area contributed by atoms with E-state index >= 15 is 0 Å². The summed E-state index contributed by atoms with van der Waals surface area (Å²) in [7, 11) is 0. The van der Waals surface area contributed by atoms with Crippen LogP contribution in [0.25, 0.3) is 0 Å². The maximum Gasteiger partial charge on any atom is 0.0223 e. The van der Waals surface area contributed by atoms with Crippen molar-refractivity contribution in [2.75, 3.05) is 19.0 Å². The first-order chi connectivity index (χ1) is 6.38. The van der Waals surface area contributed by atoms with Crippen LogP contribution in [-0.4, -0.2) is 29.9 Å². The fourth-order valence-electron chi connectivity index (χ4n) is 1.80. The molecular weight excluding hydrogens is 182 g/mol. The number of unbranched alkanes of at least 4 members (excludes halogenated alkanes) is 3. The first kappa shape index (κ1) is 11.3. The lowest BCUT2D eigenvalue weighted by molar-refractivity contribution is 0.271. The van der Waals surface area contributed by atoms with Crippen molar-refractivity contribution < 1.29 is 0 Å². The van der Waals surface area contributed by atoms with Gasteiger partial charge in [-0.25, -0.2) is 0 Å². The Morgan fingerprint density at radius 1 is 1.15 bits per heavy atom. The van der Waals surface area contributed by atoms with Crippen LogP contribution in [0.1, 0.15) is 45.4 Å². The average Bonchev–Trinajstić information content (AvgIpc) is 2.95. The molecular formula is C11H22ClN. The molecule has 2 heteroatoms. The van der Waals surface area contributed by atoms with E-state index in [-0.39, 0.29) is 0 Å². The van der Waals surface area contributed by atoms with Gasteiger partial charge in [-0.05, 0) is 38.8 Å². The molecule has 1 rings (SSSR count). The summed E-state index contributed by atoms with van der Waals surface area (Å²) in [4.78, 5) is 2.63. The van der Waals surface area contributed by atoms with Gasteiger partial charge in [0.2, 0.25) is 0 Å². The van der Waals surface area contributed by atoms with E-state index in [1.807, 2.05) is 0 Å². The highest BCUT2D eigenvalue weighted by atomic mass is 35.5. The number of rotatable bonds is 8. The lowest BCUT2D eigenvalue weighted by atomic mass is 10.2. The van der Waals surface area contributed by atoms with Crippen LogP contribution in [-0.2, 0) is 0 Å². The van der Waals surface area contributed by atoms with Gasteiger partial charge in [0.25, 0.3) is 0 Å². The van der Waals surface area contributed by atoms with Crippen molar-refractivity contribution in [1.82, 2.24) is 4.90 Å². The van der Waals surface area contributed by atoms with Crippen LogP contribution in [0.3, 0.4) is 0 Å². The van der Waals surface area contributed by atoms with Crippen LogP contribution in [0.4, 0.5) is 0 Å². The van der Waals surface area contributed by atoms with Gasteiger partial charge in [-0.1, -0.05) is 19.8 Å². The summed E-state index contributed by atoms with van der Waals surface area (Å²) in [5.41, 5.74) is 0. The van der Waals surface area contributed by atoms with Crippen LogP contribution >= 0.6 is 11.6 Å². The standard InChI is InChI=1S/C11H22ClN/c1-2-13(11-7-8-11)10-6-4-3-5-9-12/h11H,2-10H2,1H3. The van der Waals surface area contributed by atoms with Crippen molar-refractivity contribution in [3.05, 3.63) is 0 Å². The molecule has 78 valence electrons. The maximum absolute atomic E-state index is 5.62. The van der Waals surface area contributed by atoms with E-state index in [0.29, 0.717) is 0 Å². The molecule has 0 N–H and O–H groups in total. The summed E-state index contributed by atoms with van der Waals surface area (Å²) < 4.78 is 0. The molecule has 0 bridgehead atoms. The molecule has 1 nitrogen and oxygen atoms in total. The SMILES string of the molecule is CCN(CCCCCCCl)C1CC1. The number of hydrogen-bond donors (Lipinski definition) is 0. The van der Waals surface area contributed by atoms with E-state index in [0.717, 1.165) is 11.9 Å². The van der Waals surface area contributed by atoms with Gasteiger partial charge in [-0.15, -0.1) is 11.6 Å². The second-order valence-electron chi connectivity index (χ2n) is 3.96. The Kier molecular flexibility index (Phi) is 5.81. The Morgan fingerprint density at radius 2 is 1.85 bits per heavy atom. The van der Waals surface area contributed by atoms with Crippen molar-refractivity contribution in [2.24, 2.45) is 0 Å². The van der Waals surface area contributed by atoms with Gasteiger partial charge in [0, 0.05) is 11.9 Å². The van der Waals surface area contributed by atoms with Gasteiger partial charge in [0.15, 0.2) is 0 Å². The molecule has 1 aliphatic carbocycles. The minimum absolute atomic E-state index is 0.833. The Bertz CT molecular complexity index is 123. The Morgan fingerprint density at radius 3 is 2.38 bits per heavy atom. The third-order valence-electron chi connectivity index (χ3n) is 2.80. The third kappa shape index (κ3) is 4.87. The zero-order chi connectivity index (χ0) is 9.52. The Labute approximate surface area is 87.4 Å². The summed E-state index contributed by atoms with van der Waals surface area (Å²) >= 11 is 5.62. The second-order valence-corrected chi connectivity index (χ2v) is 4.34. The van der Waals surface area contributed by atoms with Gasteiger partial charge in [0.1, 0.15) is 0 Å². The highest BCUT2D eigenvalue weighted by Crippen LogP contribution is 2.26. The molecule has 0 heterocycles. The van der Waals surface area contributed by atoms with Crippen molar-refractivity contribution in [1.29, 1.82) is 0 Å². The van der Waals surface area contributed by atoms with Crippen LogP contribution in [0.5, 0.6) is 0 Å². The topological polar surface area (TPSA) is 3.24 Å². The monoisotopic (exact) mass is 203 g/mol. The fourth-order valence-corrected chi connectivity index (χ4v) is 1.99. The van der Waals surface area contributed by atoms with Crippen LogP contribution < -0.4 is 0 Å². The van der Waals surface area contributed by atoms with Gasteiger partial charge >= 0.3 is 0 Å². The Hall–Kier alpha value is 0.250. The molecule has 1 fully saturated rings. The van der Waals surface area contributed by atoms with Gasteiger partial charge in [0.05, 0.1) is 0 Å². The number of hydrogen-bond acceptors (Lipinski definition) is 1.